The maximum Gasteiger partial charge on any atom is 0.300 e. The van der Waals surface area contributed by atoms with Crippen molar-refractivity contribution in [2.24, 2.45) is 12.2 Å². The average Bonchev–Trinajstić information content (AvgIpc) is 3.17. The van der Waals surface area contributed by atoms with Crippen LogP contribution in [0.15, 0.2) is 33.2 Å². The fourth-order valence-corrected chi connectivity index (χ4v) is 3.83. The molecule has 0 saturated heterocycles. The van der Waals surface area contributed by atoms with E-state index in [0.29, 0.717) is 29.9 Å². The van der Waals surface area contributed by atoms with Crippen molar-refractivity contribution in [3.63, 3.8) is 0 Å². The SMILES string of the molecule is Cc1c(C(=O)c2c[nH]n(C)c2=O)ccc(S(C)(=O)=[OH+])c1C1=NOCC1. The number of carbonyl (C=O) groups excluding carboxylic acids is 1. The Kier molecular flexibility index (Phi) is 4.11. The van der Waals surface area contributed by atoms with Gasteiger partial charge in [-0.25, -0.2) is 4.21 Å². The number of rotatable bonds is 4. The van der Waals surface area contributed by atoms with Crippen LogP contribution in [-0.4, -0.2) is 42.6 Å². The highest BCUT2D eigenvalue weighted by molar-refractivity contribution is 7.90. The van der Waals surface area contributed by atoms with Gasteiger partial charge in [0.25, 0.3) is 5.56 Å². The van der Waals surface area contributed by atoms with Crippen molar-refractivity contribution < 1.29 is 18.0 Å². The highest BCUT2D eigenvalue weighted by Crippen LogP contribution is 2.27. The maximum atomic E-state index is 12.8. The highest BCUT2D eigenvalue weighted by atomic mass is 32.2. The minimum atomic E-state index is -3.27. The molecule has 2 heterocycles. The standard InChI is InChI=1S/C16H17N3O5S/c1-9-10(15(20)11-8-17-19(2)16(11)21)4-5-13(25(3,22)23)14(9)12-6-7-24-18-12/h4-5,8,17H,6-7H2,1-3H3/p+1. The van der Waals surface area contributed by atoms with E-state index in [1.54, 1.807) is 6.92 Å². The van der Waals surface area contributed by atoms with E-state index in [9.17, 15) is 18.0 Å². The molecule has 25 heavy (non-hydrogen) atoms. The molecule has 2 N–H and O–H groups in total. The zero-order chi connectivity index (χ0) is 18.4. The van der Waals surface area contributed by atoms with Gasteiger partial charge in [-0.2, -0.15) is 4.21 Å². The van der Waals surface area contributed by atoms with Crippen molar-refractivity contribution in [1.29, 1.82) is 0 Å². The summed E-state index contributed by atoms with van der Waals surface area (Å²) in [6.45, 7) is 2.05. The van der Waals surface area contributed by atoms with E-state index in [1.165, 1.54) is 36.3 Å². The summed E-state index contributed by atoms with van der Waals surface area (Å²) in [5, 5.41) is 6.60. The quantitative estimate of drug-likeness (QED) is 0.642. The average molecular weight is 364 g/mol. The zero-order valence-electron chi connectivity index (χ0n) is 14.0. The lowest BCUT2D eigenvalue weighted by Gasteiger charge is -2.12. The van der Waals surface area contributed by atoms with E-state index >= 15 is 0 Å². The topological polar surface area (TPSA) is 115 Å². The molecule has 1 aliphatic heterocycles. The number of aromatic amines is 1. The van der Waals surface area contributed by atoms with E-state index < -0.39 is 21.2 Å². The number of aryl methyl sites for hydroxylation is 1. The van der Waals surface area contributed by atoms with Crippen molar-refractivity contribution in [3.05, 3.63) is 50.9 Å². The molecule has 8 nitrogen and oxygen atoms in total. The van der Waals surface area contributed by atoms with Gasteiger partial charge < -0.3 is 9.94 Å². The van der Waals surface area contributed by atoms with Gasteiger partial charge >= 0.3 is 9.84 Å². The first kappa shape index (κ1) is 17.2. The first-order valence-electron chi connectivity index (χ1n) is 7.55. The molecule has 0 radical (unpaired) electrons. The van der Waals surface area contributed by atoms with E-state index in [-0.39, 0.29) is 16.0 Å². The van der Waals surface area contributed by atoms with Crippen LogP contribution in [0.1, 0.15) is 33.5 Å². The van der Waals surface area contributed by atoms with E-state index in [4.69, 9.17) is 4.84 Å². The Labute approximate surface area is 144 Å². The molecule has 1 aromatic carbocycles. The van der Waals surface area contributed by atoms with Crippen LogP contribution in [0.4, 0.5) is 0 Å². The molecule has 1 atom stereocenters. The molecule has 0 amide bonds. The summed E-state index contributed by atoms with van der Waals surface area (Å²) >= 11 is 0. The van der Waals surface area contributed by atoms with Crippen LogP contribution in [0.2, 0.25) is 0 Å². The minimum absolute atomic E-state index is 0.00939. The number of nitrogens with one attached hydrogen (secondary N) is 1. The molecule has 3 rings (SSSR count). The lowest BCUT2D eigenvalue weighted by molar-refractivity contribution is 0.103. The zero-order valence-corrected chi connectivity index (χ0v) is 14.8. The van der Waals surface area contributed by atoms with E-state index in [1.807, 2.05) is 0 Å². The van der Waals surface area contributed by atoms with Gasteiger partial charge in [0.1, 0.15) is 17.1 Å². The van der Waals surface area contributed by atoms with Crippen molar-refractivity contribution >= 4 is 21.3 Å². The number of ketones is 1. The fraction of sp³-hybridized carbons (Fsp3) is 0.312. The van der Waals surface area contributed by atoms with Crippen LogP contribution in [0, 0.1) is 6.92 Å². The summed E-state index contributed by atoms with van der Waals surface area (Å²) in [6, 6.07) is 2.91. The van der Waals surface area contributed by atoms with Crippen LogP contribution >= 0.6 is 0 Å². The number of H-pyrrole nitrogens is 1. The third-order valence-electron chi connectivity index (χ3n) is 4.16. The molecule has 1 unspecified atom stereocenters. The molecule has 1 aliphatic rings. The number of nitrogens with zero attached hydrogens (tertiary/aromatic N) is 2. The molecule has 0 bridgehead atoms. The van der Waals surface area contributed by atoms with E-state index in [2.05, 4.69) is 10.3 Å². The summed E-state index contributed by atoms with van der Waals surface area (Å²) in [4.78, 5) is 30.0. The van der Waals surface area contributed by atoms with Crippen LogP contribution in [0.3, 0.4) is 0 Å². The molecule has 1 aromatic heterocycles. The number of carbonyl (C=O) groups is 1. The van der Waals surface area contributed by atoms with Gasteiger partial charge in [0.2, 0.25) is 0 Å². The molecule has 0 aliphatic carbocycles. The molecule has 0 spiro atoms. The molecular formula is C16H18N3O5S+. The fourth-order valence-electron chi connectivity index (χ4n) is 2.86. The van der Waals surface area contributed by atoms with Gasteiger partial charge in [-0.05, 0) is 24.6 Å². The third kappa shape index (κ3) is 2.91. The number of oxime groups is 1. The van der Waals surface area contributed by atoms with Crippen LogP contribution in [0.5, 0.6) is 0 Å². The molecule has 132 valence electrons. The second-order valence-corrected chi connectivity index (χ2v) is 7.96. The van der Waals surface area contributed by atoms with Gasteiger partial charge in [0.15, 0.2) is 5.78 Å². The maximum absolute atomic E-state index is 12.8. The van der Waals surface area contributed by atoms with Crippen LogP contribution in [-0.2, 0) is 21.7 Å². The van der Waals surface area contributed by atoms with Crippen LogP contribution in [0.25, 0.3) is 0 Å². The van der Waals surface area contributed by atoms with Crippen molar-refractivity contribution in [2.45, 2.75) is 18.2 Å². The number of hydrogen-bond acceptors (Lipinski definition) is 5. The molecule has 9 heteroatoms. The molecule has 2 aromatic rings. The summed E-state index contributed by atoms with van der Waals surface area (Å²) in [5.74, 6) is -0.452. The third-order valence-corrected chi connectivity index (χ3v) is 5.31. The first-order chi connectivity index (χ1) is 11.7. The lowest BCUT2D eigenvalue weighted by Crippen LogP contribution is -2.21. The van der Waals surface area contributed by atoms with Gasteiger partial charge in [0, 0.05) is 30.8 Å². The Morgan fingerprint density at radius 2 is 2.12 bits per heavy atom. The summed E-state index contributed by atoms with van der Waals surface area (Å²) in [5.41, 5.74) is 1.32. The van der Waals surface area contributed by atoms with Crippen molar-refractivity contribution in [1.82, 2.24) is 9.78 Å². The smallest absolute Gasteiger partial charge is 0.300 e. The van der Waals surface area contributed by atoms with Gasteiger partial charge in [-0.15, -0.1) is 0 Å². The molecule has 0 fully saturated rings. The monoisotopic (exact) mass is 364 g/mol. The van der Waals surface area contributed by atoms with Gasteiger partial charge in [0.05, 0.1) is 12.0 Å². The summed E-state index contributed by atoms with van der Waals surface area (Å²) < 4.78 is 23.5. The normalized spacial score (nSPS) is 16.2. The second kappa shape index (κ2) is 5.99. The largest absolute Gasteiger partial charge is 0.395 e. The lowest BCUT2D eigenvalue weighted by atomic mass is 9.93. The summed E-state index contributed by atoms with van der Waals surface area (Å²) in [7, 11) is -1.76. The molecular weight excluding hydrogens is 346 g/mol. The Balaban J connectivity index is 2.23. The van der Waals surface area contributed by atoms with Crippen molar-refractivity contribution in [3.8, 4) is 0 Å². The number of benzene rings is 1. The Hall–Kier alpha value is -2.68. The second-order valence-electron chi connectivity index (χ2n) is 5.92. The highest BCUT2D eigenvalue weighted by Gasteiger charge is 2.29. The summed E-state index contributed by atoms with van der Waals surface area (Å²) in [6.07, 6.45) is 3.04. The predicted octanol–water partition coefficient (Wildman–Crippen LogP) is 0.938. The van der Waals surface area contributed by atoms with E-state index in [0.717, 1.165) is 0 Å². The van der Waals surface area contributed by atoms with Crippen molar-refractivity contribution in [2.75, 3.05) is 12.9 Å². The predicted molar refractivity (Wildman–Crippen MR) is 92.0 cm³/mol. The first-order valence-corrected chi connectivity index (χ1v) is 9.47. The Morgan fingerprint density at radius 3 is 2.64 bits per heavy atom. The van der Waals surface area contributed by atoms with Crippen LogP contribution < -0.4 is 5.56 Å². The number of hydrogen-bond donors (Lipinski definition) is 1. The minimum Gasteiger partial charge on any atom is -0.395 e. The van der Waals surface area contributed by atoms with Gasteiger partial charge in [-0.3, -0.25) is 14.3 Å². The molecule has 0 saturated carbocycles. The Morgan fingerprint density at radius 1 is 1.40 bits per heavy atom. The van der Waals surface area contributed by atoms with Gasteiger partial charge in [-0.1, -0.05) is 5.16 Å². The Bertz CT molecular complexity index is 1060. The number of aromatic nitrogens is 2.